The summed E-state index contributed by atoms with van der Waals surface area (Å²) in [5.41, 5.74) is 2.24. The van der Waals surface area contributed by atoms with Crippen molar-refractivity contribution in [2.24, 2.45) is 29.1 Å². The van der Waals surface area contributed by atoms with E-state index in [0.29, 0.717) is 15.1 Å². The van der Waals surface area contributed by atoms with Gasteiger partial charge in [0.05, 0.1) is 0 Å². The zero-order chi connectivity index (χ0) is 29.9. The van der Waals surface area contributed by atoms with Crippen LogP contribution in [0.15, 0.2) is 11.6 Å². The van der Waals surface area contributed by atoms with Gasteiger partial charge in [0.15, 0.2) is 0 Å². The predicted molar refractivity (Wildman–Crippen MR) is 198 cm³/mol. The van der Waals surface area contributed by atoms with Gasteiger partial charge in [-0.05, 0) is 115 Å². The van der Waals surface area contributed by atoms with Gasteiger partial charge in [-0.3, -0.25) is 0 Å². The summed E-state index contributed by atoms with van der Waals surface area (Å²) < 4.78 is 0. The molecule has 0 radical (unpaired) electrons. The summed E-state index contributed by atoms with van der Waals surface area (Å²) in [6, 6.07) is 0. The molecule has 0 N–H and O–H groups in total. The SMILES string of the molecule is CC(C)(C)C=C1C2CC3CC(C2)C(=S(=C2CCCCCCCCCCCCCC2)=C2CCCCCCCCCCC2)C1C3. The summed E-state index contributed by atoms with van der Waals surface area (Å²) in [6.07, 6.45) is 45.9. The zero-order valence-electron chi connectivity index (χ0n) is 29.3. The molecule has 6 aliphatic rings. The number of rotatable bonds is 0. The molecule has 0 aliphatic heterocycles. The van der Waals surface area contributed by atoms with E-state index in [0.717, 1.165) is 23.7 Å². The molecule has 6 saturated carbocycles. The third kappa shape index (κ3) is 10.3. The van der Waals surface area contributed by atoms with Crippen LogP contribution < -0.4 is 0 Å². The monoisotopic (exact) mass is 609 g/mol. The average Bonchev–Trinajstić information content (AvgIpc) is 2.97. The fourth-order valence-corrected chi connectivity index (χ4v) is 13.5. The van der Waals surface area contributed by atoms with Crippen LogP contribution in [0.25, 0.3) is 0 Å². The van der Waals surface area contributed by atoms with Crippen molar-refractivity contribution >= 4 is 24.3 Å². The first-order valence-electron chi connectivity index (χ1n) is 20.0. The van der Waals surface area contributed by atoms with Crippen LogP contribution in [0.4, 0.5) is 0 Å². The highest BCUT2D eigenvalue weighted by molar-refractivity contribution is 8.14. The standard InChI is InChI=1S/C42H72S/c1-42(2,3)33-40-35-29-34-30-36(32-35)41(39(40)31-34)43(38-27-23-19-15-11-8-12-16-20-24-28-38)37-25-21-17-13-9-6-4-5-7-10-14-18-22-26-37/h33-36,39H,4-32H2,1-3H3. The first-order valence-corrected chi connectivity index (χ1v) is 21.2. The Morgan fingerprint density at radius 1 is 0.465 bits per heavy atom. The summed E-state index contributed by atoms with van der Waals surface area (Å²) >= 11 is 0. The first kappa shape index (κ1) is 33.9. The third-order valence-electron chi connectivity index (χ3n) is 12.0. The molecule has 0 spiro atoms. The van der Waals surface area contributed by atoms with Gasteiger partial charge in [0.25, 0.3) is 0 Å². The number of hydrogen-bond acceptors (Lipinski definition) is 0. The molecule has 4 bridgehead atoms. The smallest absolute Gasteiger partial charge is 0.0104 e. The van der Waals surface area contributed by atoms with E-state index < -0.39 is 0 Å². The van der Waals surface area contributed by atoms with E-state index in [1.165, 1.54) is 180 Å². The first-order chi connectivity index (χ1) is 21.0. The van der Waals surface area contributed by atoms with Crippen LogP contribution in [-0.4, -0.2) is 14.6 Å². The quantitative estimate of drug-likeness (QED) is 0.189. The van der Waals surface area contributed by atoms with Crippen LogP contribution in [0, 0.1) is 29.1 Å². The molecule has 0 heterocycles. The molecule has 0 nitrogen and oxygen atoms in total. The molecule has 0 aromatic carbocycles. The lowest BCUT2D eigenvalue weighted by atomic mass is 9.53. The molecule has 0 aromatic rings. The normalized spacial score (nSPS) is 32.5. The Morgan fingerprint density at radius 3 is 1.23 bits per heavy atom. The minimum atomic E-state index is 0.310. The Kier molecular flexibility index (Phi) is 13.8. The van der Waals surface area contributed by atoms with Crippen LogP contribution >= 0.6 is 9.66 Å². The zero-order valence-corrected chi connectivity index (χ0v) is 30.1. The van der Waals surface area contributed by atoms with E-state index in [-0.39, 0.29) is 0 Å². The van der Waals surface area contributed by atoms with Gasteiger partial charge in [0, 0.05) is 5.92 Å². The minimum absolute atomic E-state index is 0.310. The molecule has 0 saturated heterocycles. The average molecular weight is 609 g/mol. The van der Waals surface area contributed by atoms with Gasteiger partial charge in [0.2, 0.25) is 0 Å². The van der Waals surface area contributed by atoms with Crippen molar-refractivity contribution in [3.05, 3.63) is 11.6 Å². The maximum atomic E-state index is 2.80. The van der Waals surface area contributed by atoms with Crippen molar-refractivity contribution in [3.63, 3.8) is 0 Å². The highest BCUT2D eigenvalue weighted by atomic mass is 32.1. The van der Waals surface area contributed by atoms with Crippen molar-refractivity contribution in [1.82, 2.24) is 0 Å². The van der Waals surface area contributed by atoms with Crippen molar-refractivity contribution < 1.29 is 0 Å². The Hall–Kier alpha value is -0.430. The van der Waals surface area contributed by atoms with Crippen molar-refractivity contribution in [2.45, 2.75) is 207 Å². The van der Waals surface area contributed by atoms with Gasteiger partial charge in [0.1, 0.15) is 0 Å². The van der Waals surface area contributed by atoms with Crippen LogP contribution in [0.5, 0.6) is 0 Å². The molecule has 4 unspecified atom stereocenters. The van der Waals surface area contributed by atoms with Crippen LogP contribution in [0.2, 0.25) is 0 Å². The van der Waals surface area contributed by atoms with E-state index in [9.17, 15) is 0 Å². The fourth-order valence-electron chi connectivity index (χ4n) is 9.97. The Labute approximate surface area is 271 Å². The molecule has 0 aromatic heterocycles. The van der Waals surface area contributed by atoms with Gasteiger partial charge in [-0.25, -0.2) is 0 Å². The van der Waals surface area contributed by atoms with Crippen molar-refractivity contribution in [1.29, 1.82) is 0 Å². The lowest BCUT2D eigenvalue weighted by molar-refractivity contribution is 0.162. The predicted octanol–water partition coefficient (Wildman–Crippen LogP) is 13.6. The molecule has 6 aliphatic carbocycles. The second-order valence-electron chi connectivity index (χ2n) is 17.0. The molecular formula is C42H72S. The topological polar surface area (TPSA) is 0 Å². The van der Waals surface area contributed by atoms with Crippen molar-refractivity contribution in [2.75, 3.05) is 0 Å². The number of allylic oxidation sites excluding steroid dienone is 2. The lowest BCUT2D eigenvalue weighted by Crippen LogP contribution is -2.47. The molecule has 6 fully saturated rings. The molecule has 0 amide bonds. The Morgan fingerprint density at radius 2 is 0.837 bits per heavy atom. The highest BCUT2D eigenvalue weighted by Crippen LogP contribution is 2.56. The second kappa shape index (κ2) is 17.5. The Balaban J connectivity index is 1.61. The summed E-state index contributed by atoms with van der Waals surface area (Å²) in [7, 11) is 0.377. The summed E-state index contributed by atoms with van der Waals surface area (Å²) in [5.74, 6) is 3.72. The van der Waals surface area contributed by atoms with Crippen molar-refractivity contribution in [3.8, 4) is 0 Å². The van der Waals surface area contributed by atoms with Gasteiger partial charge < -0.3 is 0 Å². The van der Waals surface area contributed by atoms with E-state index in [2.05, 4.69) is 41.4 Å². The summed E-state index contributed by atoms with van der Waals surface area (Å²) in [4.78, 5) is 6.29. The van der Waals surface area contributed by atoms with Crippen LogP contribution in [-0.2, 0) is 0 Å². The molecule has 1 heteroatoms. The minimum Gasteiger partial charge on any atom is -0.198 e. The fraction of sp³-hybridized carbons (Fsp3) is 0.881. The third-order valence-corrected chi connectivity index (χ3v) is 15.0. The number of hydrogen-bond donors (Lipinski definition) is 0. The highest BCUT2D eigenvalue weighted by Gasteiger charge is 2.48. The Bertz CT molecular complexity index is 1010. The molecule has 246 valence electrons. The maximum Gasteiger partial charge on any atom is 0.0104 e. The van der Waals surface area contributed by atoms with E-state index in [1.807, 2.05) is 5.57 Å². The molecule has 43 heavy (non-hydrogen) atoms. The van der Waals surface area contributed by atoms with Crippen LogP contribution in [0.3, 0.4) is 0 Å². The maximum absolute atomic E-state index is 2.80. The van der Waals surface area contributed by atoms with Gasteiger partial charge in [-0.1, -0.05) is 142 Å². The van der Waals surface area contributed by atoms with Crippen LogP contribution in [0.1, 0.15) is 207 Å². The van der Waals surface area contributed by atoms with E-state index >= 15 is 0 Å². The van der Waals surface area contributed by atoms with E-state index in [1.54, 1.807) is 6.42 Å². The largest absolute Gasteiger partial charge is 0.198 e. The summed E-state index contributed by atoms with van der Waals surface area (Å²) in [5, 5.41) is 0. The van der Waals surface area contributed by atoms with Gasteiger partial charge in [-0.15, -0.1) is 0 Å². The van der Waals surface area contributed by atoms with E-state index in [4.69, 9.17) is 0 Å². The second-order valence-corrected chi connectivity index (χ2v) is 19.2. The lowest BCUT2D eigenvalue weighted by Gasteiger charge is -2.53. The molecule has 6 rings (SSSR count). The molecular weight excluding hydrogens is 537 g/mol. The summed E-state index contributed by atoms with van der Waals surface area (Å²) in [6.45, 7) is 7.42. The molecule has 4 atom stereocenters. The van der Waals surface area contributed by atoms with Gasteiger partial charge in [-0.2, -0.15) is 9.66 Å². The van der Waals surface area contributed by atoms with Gasteiger partial charge >= 0.3 is 0 Å².